The standard InChI is InChI=1S/C18H17Cl2NO2/c1-10-7-16(17(23-2)9-15(10)20)21-18(22)13-8-12(13)11-5-3-4-6-14(11)19/h3-7,9,12-13H,8H2,1-2H3,(H,21,22). The van der Waals surface area contributed by atoms with Crippen LogP contribution in [0.2, 0.25) is 10.0 Å². The lowest BCUT2D eigenvalue weighted by molar-refractivity contribution is -0.117. The number of carbonyl (C=O) groups is 1. The SMILES string of the molecule is COc1cc(Cl)c(C)cc1NC(=O)C1CC1c1ccccc1Cl. The van der Waals surface area contributed by atoms with Crippen molar-refractivity contribution in [3.05, 3.63) is 57.6 Å². The van der Waals surface area contributed by atoms with Crippen LogP contribution in [0.25, 0.3) is 0 Å². The quantitative estimate of drug-likeness (QED) is 0.838. The molecule has 2 atom stereocenters. The number of methoxy groups -OCH3 is 1. The van der Waals surface area contributed by atoms with Gasteiger partial charge in [-0.05, 0) is 42.5 Å². The molecule has 3 nitrogen and oxygen atoms in total. The molecule has 0 aromatic heterocycles. The third-order valence-corrected chi connectivity index (χ3v) is 4.92. The first-order valence-electron chi connectivity index (χ1n) is 7.40. The monoisotopic (exact) mass is 349 g/mol. The number of carbonyl (C=O) groups excluding carboxylic acids is 1. The van der Waals surface area contributed by atoms with Gasteiger partial charge in [0.2, 0.25) is 5.91 Å². The molecular formula is C18H17Cl2NO2. The third kappa shape index (κ3) is 3.31. The lowest BCUT2D eigenvalue weighted by Crippen LogP contribution is -2.15. The Labute approximate surface area is 145 Å². The molecule has 0 saturated heterocycles. The van der Waals surface area contributed by atoms with Gasteiger partial charge in [-0.25, -0.2) is 0 Å². The molecule has 0 bridgehead atoms. The van der Waals surface area contributed by atoms with Crippen LogP contribution in [0.5, 0.6) is 5.75 Å². The molecule has 1 N–H and O–H groups in total. The van der Waals surface area contributed by atoms with Gasteiger partial charge in [0.05, 0.1) is 12.8 Å². The Balaban J connectivity index is 1.74. The van der Waals surface area contributed by atoms with E-state index in [1.54, 1.807) is 13.2 Å². The van der Waals surface area contributed by atoms with Crippen molar-refractivity contribution in [2.45, 2.75) is 19.3 Å². The van der Waals surface area contributed by atoms with E-state index in [1.165, 1.54) is 0 Å². The summed E-state index contributed by atoms with van der Waals surface area (Å²) in [4.78, 5) is 12.5. The van der Waals surface area contributed by atoms with Crippen molar-refractivity contribution in [2.24, 2.45) is 5.92 Å². The van der Waals surface area contributed by atoms with E-state index in [1.807, 2.05) is 37.3 Å². The number of hydrogen-bond acceptors (Lipinski definition) is 2. The minimum absolute atomic E-state index is 0.0186. The average Bonchev–Trinajstić information content (AvgIpc) is 3.31. The largest absolute Gasteiger partial charge is 0.495 e. The lowest BCUT2D eigenvalue weighted by atomic mass is 10.1. The van der Waals surface area contributed by atoms with E-state index in [2.05, 4.69) is 5.32 Å². The molecule has 0 spiro atoms. The number of aryl methyl sites for hydroxylation is 1. The van der Waals surface area contributed by atoms with Gasteiger partial charge in [-0.2, -0.15) is 0 Å². The summed E-state index contributed by atoms with van der Waals surface area (Å²) in [6.07, 6.45) is 0.810. The highest BCUT2D eigenvalue weighted by molar-refractivity contribution is 6.32. The van der Waals surface area contributed by atoms with Gasteiger partial charge in [0.25, 0.3) is 0 Å². The second kappa shape index (κ2) is 6.42. The first kappa shape index (κ1) is 16.2. The van der Waals surface area contributed by atoms with Gasteiger partial charge in [0, 0.05) is 22.0 Å². The van der Waals surface area contributed by atoms with E-state index in [4.69, 9.17) is 27.9 Å². The molecule has 1 aliphatic rings. The molecule has 3 rings (SSSR count). The topological polar surface area (TPSA) is 38.3 Å². The summed E-state index contributed by atoms with van der Waals surface area (Å²) in [6.45, 7) is 1.89. The zero-order valence-electron chi connectivity index (χ0n) is 12.9. The molecule has 0 radical (unpaired) electrons. The Kier molecular flexibility index (Phi) is 4.51. The highest BCUT2D eigenvalue weighted by atomic mass is 35.5. The van der Waals surface area contributed by atoms with Crippen molar-refractivity contribution >= 4 is 34.8 Å². The zero-order chi connectivity index (χ0) is 16.6. The molecule has 5 heteroatoms. The Hall–Kier alpha value is -1.71. The number of benzene rings is 2. The Morgan fingerprint density at radius 2 is 1.96 bits per heavy atom. The van der Waals surface area contributed by atoms with Gasteiger partial charge in [0.1, 0.15) is 5.75 Å². The van der Waals surface area contributed by atoms with Gasteiger partial charge in [-0.3, -0.25) is 4.79 Å². The van der Waals surface area contributed by atoms with Gasteiger partial charge in [0.15, 0.2) is 0 Å². The minimum atomic E-state index is -0.0596. The summed E-state index contributed by atoms with van der Waals surface area (Å²) in [7, 11) is 1.56. The summed E-state index contributed by atoms with van der Waals surface area (Å²) < 4.78 is 5.29. The maximum absolute atomic E-state index is 12.5. The molecule has 1 aliphatic carbocycles. The van der Waals surface area contributed by atoms with Crippen molar-refractivity contribution < 1.29 is 9.53 Å². The van der Waals surface area contributed by atoms with Gasteiger partial charge >= 0.3 is 0 Å². The molecule has 0 heterocycles. The lowest BCUT2D eigenvalue weighted by Gasteiger charge is -2.12. The highest BCUT2D eigenvalue weighted by Gasteiger charge is 2.44. The van der Waals surface area contributed by atoms with Gasteiger partial charge in [-0.1, -0.05) is 41.4 Å². The van der Waals surface area contributed by atoms with Crippen LogP contribution in [0.1, 0.15) is 23.5 Å². The van der Waals surface area contributed by atoms with Crippen LogP contribution in [0, 0.1) is 12.8 Å². The second-order valence-corrected chi connectivity index (χ2v) is 6.58. The number of nitrogens with one attached hydrogen (secondary N) is 1. The summed E-state index contributed by atoms with van der Waals surface area (Å²) >= 11 is 12.3. The molecule has 1 fully saturated rings. The number of rotatable bonds is 4. The van der Waals surface area contributed by atoms with E-state index in [-0.39, 0.29) is 17.7 Å². The maximum atomic E-state index is 12.5. The number of halogens is 2. The fourth-order valence-corrected chi connectivity index (χ4v) is 3.19. The van der Waals surface area contributed by atoms with Gasteiger partial charge < -0.3 is 10.1 Å². The second-order valence-electron chi connectivity index (χ2n) is 5.76. The molecule has 23 heavy (non-hydrogen) atoms. The number of amides is 1. The molecule has 2 aromatic rings. The van der Waals surface area contributed by atoms with Crippen molar-refractivity contribution in [3.63, 3.8) is 0 Å². The normalized spacial score (nSPS) is 19.3. The van der Waals surface area contributed by atoms with Crippen LogP contribution >= 0.6 is 23.2 Å². The molecule has 0 aliphatic heterocycles. The number of hydrogen-bond donors (Lipinski definition) is 1. The minimum Gasteiger partial charge on any atom is -0.495 e. The van der Waals surface area contributed by atoms with Crippen LogP contribution in [0.15, 0.2) is 36.4 Å². The first-order valence-corrected chi connectivity index (χ1v) is 8.16. The van der Waals surface area contributed by atoms with Crippen molar-refractivity contribution in [1.29, 1.82) is 0 Å². The predicted octanol–water partition coefficient (Wildman–Crippen LogP) is 5.05. The van der Waals surface area contributed by atoms with Crippen LogP contribution in [-0.2, 0) is 4.79 Å². The summed E-state index contributed by atoms with van der Waals surface area (Å²) in [5.74, 6) is 0.664. The summed E-state index contributed by atoms with van der Waals surface area (Å²) in [5.41, 5.74) is 2.57. The fourth-order valence-electron chi connectivity index (χ4n) is 2.76. The fraction of sp³-hybridized carbons (Fsp3) is 0.278. The van der Waals surface area contributed by atoms with Crippen molar-refractivity contribution in [2.75, 3.05) is 12.4 Å². The van der Waals surface area contributed by atoms with Gasteiger partial charge in [-0.15, -0.1) is 0 Å². The summed E-state index contributed by atoms with van der Waals surface area (Å²) in [5, 5.41) is 4.27. The molecule has 2 aromatic carbocycles. The van der Waals surface area contributed by atoms with E-state index >= 15 is 0 Å². The average molecular weight is 350 g/mol. The number of anilines is 1. The molecule has 2 unspecified atom stereocenters. The van der Waals surface area contributed by atoms with E-state index in [0.29, 0.717) is 21.5 Å². The molecule has 1 saturated carbocycles. The van der Waals surface area contributed by atoms with E-state index in [9.17, 15) is 4.79 Å². The van der Waals surface area contributed by atoms with Crippen LogP contribution in [0.3, 0.4) is 0 Å². The highest BCUT2D eigenvalue weighted by Crippen LogP contribution is 2.50. The van der Waals surface area contributed by atoms with E-state index < -0.39 is 0 Å². The van der Waals surface area contributed by atoms with E-state index in [0.717, 1.165) is 17.5 Å². The number of ether oxygens (including phenoxy) is 1. The third-order valence-electron chi connectivity index (χ3n) is 4.17. The summed E-state index contributed by atoms with van der Waals surface area (Å²) in [6, 6.07) is 11.2. The van der Waals surface area contributed by atoms with Crippen molar-refractivity contribution in [1.82, 2.24) is 0 Å². The Morgan fingerprint density at radius 3 is 2.65 bits per heavy atom. The molecule has 1 amide bonds. The maximum Gasteiger partial charge on any atom is 0.228 e. The Morgan fingerprint density at radius 1 is 1.22 bits per heavy atom. The predicted molar refractivity (Wildman–Crippen MR) is 93.7 cm³/mol. The Bertz CT molecular complexity index is 761. The van der Waals surface area contributed by atoms with Crippen LogP contribution < -0.4 is 10.1 Å². The first-order chi connectivity index (χ1) is 11.0. The van der Waals surface area contributed by atoms with Crippen LogP contribution in [0.4, 0.5) is 5.69 Å². The van der Waals surface area contributed by atoms with Crippen LogP contribution in [-0.4, -0.2) is 13.0 Å². The zero-order valence-corrected chi connectivity index (χ0v) is 14.4. The smallest absolute Gasteiger partial charge is 0.228 e. The molecule has 120 valence electrons. The molecular weight excluding hydrogens is 333 g/mol. The van der Waals surface area contributed by atoms with Crippen molar-refractivity contribution in [3.8, 4) is 5.75 Å².